The van der Waals surface area contributed by atoms with E-state index in [4.69, 9.17) is 5.73 Å². The lowest BCUT2D eigenvalue weighted by atomic mass is 10.4. The fourth-order valence-corrected chi connectivity index (χ4v) is 1.91. The molecule has 0 radical (unpaired) electrons. The minimum absolute atomic E-state index is 0.422. The van der Waals surface area contributed by atoms with Crippen molar-refractivity contribution in [3.05, 3.63) is 26.9 Å². The van der Waals surface area contributed by atoms with Crippen LogP contribution in [-0.4, -0.2) is 5.91 Å². The third-order valence-corrected chi connectivity index (χ3v) is 2.59. The molecule has 0 spiro atoms. The van der Waals surface area contributed by atoms with Crippen LogP contribution >= 0.6 is 27.3 Å². The van der Waals surface area contributed by atoms with Crippen LogP contribution in [0, 0.1) is 0 Å². The van der Waals surface area contributed by atoms with Crippen LogP contribution in [0.5, 0.6) is 0 Å². The van der Waals surface area contributed by atoms with Crippen molar-refractivity contribution in [2.75, 3.05) is 0 Å². The highest BCUT2D eigenvalue weighted by Gasteiger charge is 1.92. The molecule has 1 amide bonds. The van der Waals surface area contributed by atoms with Crippen molar-refractivity contribution in [1.82, 2.24) is 0 Å². The number of thiophene rings is 1. The van der Waals surface area contributed by atoms with Gasteiger partial charge in [0.25, 0.3) is 0 Å². The second kappa shape index (κ2) is 3.69. The summed E-state index contributed by atoms with van der Waals surface area (Å²) in [7, 11) is 0. The standard InChI is InChI=1S/C7H6BrNOS/c8-6-3-1-5(11-6)2-4-7(9)10/h1-4H,(H2,9,10)/b4-2+. The van der Waals surface area contributed by atoms with E-state index in [0.717, 1.165) is 8.66 Å². The molecule has 11 heavy (non-hydrogen) atoms. The zero-order valence-electron chi connectivity index (χ0n) is 5.58. The molecule has 1 rings (SSSR count). The average molecular weight is 232 g/mol. The number of carbonyl (C=O) groups is 1. The van der Waals surface area contributed by atoms with E-state index in [-0.39, 0.29) is 0 Å². The fraction of sp³-hybridized carbons (Fsp3) is 0. The Hall–Kier alpha value is -0.610. The van der Waals surface area contributed by atoms with Gasteiger partial charge in [-0.2, -0.15) is 0 Å². The van der Waals surface area contributed by atoms with Crippen LogP contribution in [0.25, 0.3) is 6.08 Å². The molecule has 0 aliphatic heterocycles. The van der Waals surface area contributed by atoms with Crippen LogP contribution in [-0.2, 0) is 4.79 Å². The minimum atomic E-state index is -0.422. The number of carbonyl (C=O) groups excluding carboxylic acids is 1. The summed E-state index contributed by atoms with van der Waals surface area (Å²) in [6.07, 6.45) is 3.04. The Morgan fingerprint density at radius 3 is 2.82 bits per heavy atom. The molecule has 2 N–H and O–H groups in total. The van der Waals surface area contributed by atoms with E-state index in [2.05, 4.69) is 15.9 Å². The predicted molar refractivity (Wildman–Crippen MR) is 50.2 cm³/mol. The van der Waals surface area contributed by atoms with Crippen molar-refractivity contribution < 1.29 is 4.79 Å². The number of halogens is 1. The molecular weight excluding hydrogens is 226 g/mol. The van der Waals surface area contributed by atoms with Crippen molar-refractivity contribution in [3.8, 4) is 0 Å². The lowest BCUT2D eigenvalue weighted by molar-refractivity contribution is -0.113. The Morgan fingerprint density at radius 2 is 2.36 bits per heavy atom. The topological polar surface area (TPSA) is 43.1 Å². The van der Waals surface area contributed by atoms with Gasteiger partial charge in [0.2, 0.25) is 5.91 Å². The maximum absolute atomic E-state index is 10.3. The quantitative estimate of drug-likeness (QED) is 0.778. The van der Waals surface area contributed by atoms with Crippen LogP contribution in [0.3, 0.4) is 0 Å². The smallest absolute Gasteiger partial charge is 0.241 e. The number of hydrogen-bond donors (Lipinski definition) is 1. The Bertz CT molecular complexity index is 292. The summed E-state index contributed by atoms with van der Waals surface area (Å²) in [4.78, 5) is 11.3. The SMILES string of the molecule is NC(=O)/C=C/c1ccc(Br)s1. The van der Waals surface area contributed by atoms with Crippen LogP contribution < -0.4 is 5.73 Å². The maximum Gasteiger partial charge on any atom is 0.241 e. The molecule has 1 aromatic heterocycles. The number of nitrogens with two attached hydrogens (primary N) is 1. The molecule has 0 aliphatic carbocycles. The van der Waals surface area contributed by atoms with Crippen LogP contribution in [0.15, 0.2) is 22.0 Å². The summed E-state index contributed by atoms with van der Waals surface area (Å²) in [5.74, 6) is -0.422. The Kier molecular flexibility index (Phi) is 2.84. The average Bonchev–Trinajstić information content (AvgIpc) is 2.31. The van der Waals surface area contributed by atoms with Crippen LogP contribution in [0.1, 0.15) is 4.88 Å². The largest absolute Gasteiger partial charge is 0.366 e. The van der Waals surface area contributed by atoms with Gasteiger partial charge in [-0.05, 0) is 34.1 Å². The maximum atomic E-state index is 10.3. The summed E-state index contributed by atoms with van der Waals surface area (Å²) in [5, 5.41) is 0. The van der Waals surface area contributed by atoms with Crippen molar-refractivity contribution in [2.45, 2.75) is 0 Å². The van der Waals surface area contributed by atoms with Crippen molar-refractivity contribution in [1.29, 1.82) is 0 Å². The predicted octanol–water partition coefficient (Wildman–Crippen LogP) is 2.01. The molecule has 0 saturated heterocycles. The Morgan fingerprint density at radius 1 is 1.64 bits per heavy atom. The second-order valence-corrected chi connectivity index (χ2v) is 4.37. The van der Waals surface area contributed by atoms with Crippen molar-refractivity contribution in [3.63, 3.8) is 0 Å². The first kappa shape index (κ1) is 8.49. The molecule has 0 unspecified atom stereocenters. The van der Waals surface area contributed by atoms with Gasteiger partial charge in [0.1, 0.15) is 0 Å². The highest BCUT2D eigenvalue weighted by atomic mass is 79.9. The second-order valence-electron chi connectivity index (χ2n) is 1.88. The number of rotatable bonds is 2. The van der Waals surface area contributed by atoms with Gasteiger partial charge in [-0.3, -0.25) is 4.79 Å². The molecule has 0 aromatic carbocycles. The summed E-state index contributed by atoms with van der Waals surface area (Å²) in [6.45, 7) is 0. The van der Waals surface area contributed by atoms with E-state index in [0.29, 0.717) is 0 Å². The normalized spacial score (nSPS) is 10.6. The van der Waals surface area contributed by atoms with Crippen molar-refractivity contribution in [2.24, 2.45) is 5.73 Å². The van der Waals surface area contributed by atoms with Crippen LogP contribution in [0.2, 0.25) is 0 Å². The van der Waals surface area contributed by atoms with E-state index in [1.165, 1.54) is 6.08 Å². The molecular formula is C7H6BrNOS. The van der Waals surface area contributed by atoms with Gasteiger partial charge in [-0.25, -0.2) is 0 Å². The molecule has 1 heterocycles. The van der Waals surface area contributed by atoms with Crippen LogP contribution in [0.4, 0.5) is 0 Å². The van der Waals surface area contributed by atoms with E-state index in [1.54, 1.807) is 17.4 Å². The first-order chi connectivity index (χ1) is 5.18. The van der Waals surface area contributed by atoms with E-state index in [1.807, 2.05) is 12.1 Å². The number of hydrogen-bond acceptors (Lipinski definition) is 2. The number of primary amides is 1. The fourth-order valence-electron chi connectivity index (χ4n) is 0.582. The first-order valence-corrected chi connectivity index (χ1v) is 4.52. The van der Waals surface area contributed by atoms with Crippen molar-refractivity contribution >= 4 is 39.2 Å². The zero-order valence-corrected chi connectivity index (χ0v) is 7.98. The van der Waals surface area contributed by atoms with Gasteiger partial charge >= 0.3 is 0 Å². The summed E-state index contributed by atoms with van der Waals surface area (Å²) in [5.41, 5.74) is 4.91. The third kappa shape index (κ3) is 2.86. The highest BCUT2D eigenvalue weighted by molar-refractivity contribution is 9.11. The van der Waals surface area contributed by atoms with Gasteiger partial charge in [0.05, 0.1) is 3.79 Å². The molecule has 0 fully saturated rings. The van der Waals surface area contributed by atoms with Gasteiger partial charge in [0.15, 0.2) is 0 Å². The minimum Gasteiger partial charge on any atom is -0.366 e. The summed E-state index contributed by atoms with van der Waals surface area (Å²) < 4.78 is 1.04. The van der Waals surface area contributed by atoms with E-state index >= 15 is 0 Å². The third-order valence-electron chi connectivity index (χ3n) is 1.01. The van der Waals surface area contributed by atoms with E-state index < -0.39 is 5.91 Å². The molecule has 0 atom stereocenters. The Balaban J connectivity index is 2.71. The molecule has 0 saturated carbocycles. The molecule has 58 valence electrons. The first-order valence-electron chi connectivity index (χ1n) is 2.91. The van der Waals surface area contributed by atoms with E-state index in [9.17, 15) is 4.79 Å². The molecule has 0 aliphatic rings. The molecule has 4 heteroatoms. The van der Waals surface area contributed by atoms with Gasteiger partial charge < -0.3 is 5.73 Å². The number of amides is 1. The summed E-state index contributed by atoms with van der Waals surface area (Å²) >= 11 is 4.86. The van der Waals surface area contributed by atoms with Gasteiger partial charge in [-0.15, -0.1) is 11.3 Å². The monoisotopic (exact) mass is 231 g/mol. The summed E-state index contributed by atoms with van der Waals surface area (Å²) in [6, 6.07) is 3.83. The zero-order chi connectivity index (χ0) is 8.27. The van der Waals surface area contributed by atoms with Gasteiger partial charge in [0, 0.05) is 11.0 Å². The molecule has 1 aromatic rings. The highest BCUT2D eigenvalue weighted by Crippen LogP contribution is 2.22. The lowest BCUT2D eigenvalue weighted by Gasteiger charge is -1.80. The molecule has 2 nitrogen and oxygen atoms in total. The van der Waals surface area contributed by atoms with Gasteiger partial charge in [-0.1, -0.05) is 0 Å². The Labute approximate surface area is 76.8 Å². The molecule has 0 bridgehead atoms. The lowest BCUT2D eigenvalue weighted by Crippen LogP contribution is -2.04.